The Morgan fingerprint density at radius 1 is 1.25 bits per heavy atom. The van der Waals surface area contributed by atoms with Gasteiger partial charge in [-0.25, -0.2) is 4.39 Å². The van der Waals surface area contributed by atoms with Crippen LogP contribution in [0.3, 0.4) is 0 Å². The van der Waals surface area contributed by atoms with Crippen molar-refractivity contribution in [1.82, 2.24) is 15.2 Å². The van der Waals surface area contributed by atoms with Crippen molar-refractivity contribution in [3.8, 4) is 0 Å². The monoisotopic (exact) mass is 322 g/mol. The second kappa shape index (κ2) is 5.88. The van der Waals surface area contributed by atoms with Crippen LogP contribution in [0.5, 0.6) is 0 Å². The summed E-state index contributed by atoms with van der Waals surface area (Å²) in [5.74, 6) is -0.441. The number of carbonyl (C=O) groups excluding carboxylic acids is 1. The number of nitrogens with one attached hydrogen (secondary N) is 2. The van der Waals surface area contributed by atoms with Crippen LogP contribution in [0.15, 0.2) is 36.7 Å². The Labute approximate surface area is 137 Å². The van der Waals surface area contributed by atoms with Crippen molar-refractivity contribution < 1.29 is 9.18 Å². The predicted octanol–water partition coefficient (Wildman–Crippen LogP) is 3.62. The number of H-pyrrole nitrogens is 1. The van der Waals surface area contributed by atoms with Crippen LogP contribution < -0.4 is 5.32 Å². The molecule has 0 spiro atoms. The number of aromatic nitrogens is 3. The molecule has 1 fully saturated rings. The molecule has 2 N–H and O–H groups in total. The maximum atomic E-state index is 14.2. The number of rotatable bonds is 4. The van der Waals surface area contributed by atoms with Gasteiger partial charge in [0.2, 0.25) is 5.91 Å². The normalized spacial score (nSPS) is 14.4. The lowest BCUT2D eigenvalue weighted by atomic mass is 10.1. The number of fused-ring (bicyclic) bond motifs is 1. The van der Waals surface area contributed by atoms with E-state index in [0.29, 0.717) is 16.8 Å². The van der Waals surface area contributed by atoms with Gasteiger partial charge in [-0.3, -0.25) is 14.9 Å². The summed E-state index contributed by atoms with van der Waals surface area (Å²) < 4.78 is 14.2. The molecule has 5 nitrogen and oxygen atoms in total. The van der Waals surface area contributed by atoms with E-state index in [1.807, 2.05) is 24.3 Å². The van der Waals surface area contributed by atoms with Gasteiger partial charge in [-0.05, 0) is 48.7 Å². The van der Waals surface area contributed by atoms with Crippen LogP contribution in [-0.2, 0) is 4.79 Å². The van der Waals surface area contributed by atoms with E-state index in [1.54, 1.807) is 18.5 Å². The maximum absolute atomic E-state index is 14.2. The van der Waals surface area contributed by atoms with E-state index in [2.05, 4.69) is 20.5 Å². The molecule has 0 bridgehead atoms. The van der Waals surface area contributed by atoms with Crippen molar-refractivity contribution in [2.75, 3.05) is 5.32 Å². The number of aromatic amines is 1. The molecule has 0 atom stereocenters. The summed E-state index contributed by atoms with van der Waals surface area (Å²) in [4.78, 5) is 15.8. The summed E-state index contributed by atoms with van der Waals surface area (Å²) in [7, 11) is 0. The largest absolute Gasteiger partial charge is 0.326 e. The predicted molar refractivity (Wildman–Crippen MR) is 90.6 cm³/mol. The van der Waals surface area contributed by atoms with Crippen LogP contribution in [0.25, 0.3) is 23.1 Å². The number of hydrogen-bond acceptors (Lipinski definition) is 3. The molecule has 24 heavy (non-hydrogen) atoms. The zero-order valence-electron chi connectivity index (χ0n) is 12.8. The van der Waals surface area contributed by atoms with E-state index >= 15 is 0 Å². The minimum Gasteiger partial charge on any atom is -0.326 e. The molecule has 120 valence electrons. The first-order chi connectivity index (χ1) is 11.7. The third-order valence-electron chi connectivity index (χ3n) is 4.01. The second-order valence-electron chi connectivity index (χ2n) is 5.87. The lowest BCUT2D eigenvalue weighted by Crippen LogP contribution is -2.13. The summed E-state index contributed by atoms with van der Waals surface area (Å²) >= 11 is 0. The van der Waals surface area contributed by atoms with Gasteiger partial charge in [0.25, 0.3) is 0 Å². The number of anilines is 1. The van der Waals surface area contributed by atoms with Crippen LogP contribution >= 0.6 is 0 Å². The molecule has 0 saturated heterocycles. The standard InChI is InChI=1S/C18H15FN4O/c19-15-10-13(21-18(24)12-2-3-12)9-14-16(22-23-17(14)15)4-1-11-5-7-20-8-6-11/h1,4-10,12H,2-3H2,(H,21,24)(H,22,23)/b4-1+. The van der Waals surface area contributed by atoms with Crippen LogP contribution in [0.2, 0.25) is 0 Å². The van der Waals surface area contributed by atoms with E-state index in [0.717, 1.165) is 18.4 Å². The van der Waals surface area contributed by atoms with Gasteiger partial charge in [-0.1, -0.05) is 6.08 Å². The molecule has 1 amide bonds. The van der Waals surface area contributed by atoms with E-state index in [-0.39, 0.29) is 17.3 Å². The zero-order valence-corrected chi connectivity index (χ0v) is 12.8. The highest BCUT2D eigenvalue weighted by molar-refractivity contribution is 5.98. The molecule has 1 saturated carbocycles. The second-order valence-corrected chi connectivity index (χ2v) is 5.87. The smallest absolute Gasteiger partial charge is 0.227 e. The minimum absolute atomic E-state index is 0.0499. The Balaban J connectivity index is 1.67. The van der Waals surface area contributed by atoms with Crippen molar-refractivity contribution in [1.29, 1.82) is 0 Å². The molecule has 0 unspecified atom stereocenters. The summed E-state index contributed by atoms with van der Waals surface area (Å²) in [6.45, 7) is 0. The van der Waals surface area contributed by atoms with Crippen molar-refractivity contribution in [2.24, 2.45) is 5.92 Å². The fourth-order valence-corrected chi connectivity index (χ4v) is 2.54. The Kier molecular flexibility index (Phi) is 3.57. The fraction of sp³-hybridized carbons (Fsp3) is 0.167. The van der Waals surface area contributed by atoms with Crippen molar-refractivity contribution in [3.05, 3.63) is 53.7 Å². The highest BCUT2D eigenvalue weighted by atomic mass is 19.1. The Bertz CT molecular complexity index is 929. The van der Waals surface area contributed by atoms with Crippen LogP contribution in [0.1, 0.15) is 24.1 Å². The molecule has 1 aromatic carbocycles. The fourth-order valence-electron chi connectivity index (χ4n) is 2.54. The summed E-state index contributed by atoms with van der Waals surface area (Å²) in [6, 6.07) is 6.79. The first-order valence-electron chi connectivity index (χ1n) is 7.77. The number of pyridine rings is 1. The molecule has 1 aliphatic rings. The maximum Gasteiger partial charge on any atom is 0.227 e. The summed E-state index contributed by atoms with van der Waals surface area (Å²) in [6.07, 6.45) is 8.94. The molecule has 1 aliphatic carbocycles. The number of halogens is 1. The quantitative estimate of drug-likeness (QED) is 0.771. The molecule has 3 aromatic rings. The third-order valence-corrected chi connectivity index (χ3v) is 4.01. The third kappa shape index (κ3) is 2.90. The van der Waals surface area contributed by atoms with Gasteiger partial charge in [0.05, 0.1) is 5.69 Å². The molecule has 2 aromatic heterocycles. The van der Waals surface area contributed by atoms with Crippen molar-refractivity contribution in [2.45, 2.75) is 12.8 Å². The van der Waals surface area contributed by atoms with Gasteiger partial charge in [0, 0.05) is 29.4 Å². The average molecular weight is 322 g/mol. The highest BCUT2D eigenvalue weighted by Crippen LogP contribution is 2.31. The number of nitrogens with zero attached hydrogens (tertiary/aromatic N) is 2. The highest BCUT2D eigenvalue weighted by Gasteiger charge is 2.29. The first kappa shape index (κ1) is 14.6. The zero-order chi connectivity index (χ0) is 16.5. The van der Waals surface area contributed by atoms with E-state index in [1.165, 1.54) is 6.07 Å². The first-order valence-corrected chi connectivity index (χ1v) is 7.77. The molecule has 4 rings (SSSR count). The molecular formula is C18H15FN4O. The molecule has 0 aliphatic heterocycles. The molecular weight excluding hydrogens is 307 g/mol. The Morgan fingerprint density at radius 2 is 2.04 bits per heavy atom. The lowest BCUT2D eigenvalue weighted by Gasteiger charge is -2.05. The van der Waals surface area contributed by atoms with E-state index < -0.39 is 5.82 Å². The van der Waals surface area contributed by atoms with Gasteiger partial charge in [0.1, 0.15) is 5.52 Å². The number of carbonyl (C=O) groups is 1. The van der Waals surface area contributed by atoms with Gasteiger partial charge in [-0.15, -0.1) is 0 Å². The van der Waals surface area contributed by atoms with Gasteiger partial charge in [-0.2, -0.15) is 5.10 Å². The summed E-state index contributed by atoms with van der Waals surface area (Å²) in [5, 5.41) is 10.3. The van der Waals surface area contributed by atoms with E-state index in [9.17, 15) is 9.18 Å². The number of amides is 1. The van der Waals surface area contributed by atoms with Gasteiger partial charge < -0.3 is 5.32 Å². The molecule has 6 heteroatoms. The van der Waals surface area contributed by atoms with Crippen molar-refractivity contribution >= 4 is 34.6 Å². The van der Waals surface area contributed by atoms with Crippen LogP contribution in [0, 0.1) is 11.7 Å². The molecule has 2 heterocycles. The van der Waals surface area contributed by atoms with Crippen LogP contribution in [0.4, 0.5) is 10.1 Å². The topological polar surface area (TPSA) is 70.7 Å². The minimum atomic E-state index is -0.460. The Hall–Kier alpha value is -3.02. The van der Waals surface area contributed by atoms with Crippen molar-refractivity contribution in [3.63, 3.8) is 0 Å². The van der Waals surface area contributed by atoms with Gasteiger partial charge >= 0.3 is 0 Å². The lowest BCUT2D eigenvalue weighted by molar-refractivity contribution is -0.117. The Morgan fingerprint density at radius 3 is 2.79 bits per heavy atom. The number of hydrogen-bond donors (Lipinski definition) is 2. The average Bonchev–Trinajstić information content (AvgIpc) is 3.36. The van der Waals surface area contributed by atoms with Gasteiger partial charge in [0.15, 0.2) is 5.82 Å². The SMILES string of the molecule is O=C(Nc1cc(F)c2n[nH]c(/C=C/c3ccncc3)c2c1)C1CC1. The van der Waals surface area contributed by atoms with E-state index in [4.69, 9.17) is 0 Å². The summed E-state index contributed by atoms with van der Waals surface area (Å²) in [5.41, 5.74) is 2.38. The number of benzene rings is 1. The molecule has 0 radical (unpaired) electrons. The van der Waals surface area contributed by atoms with Crippen LogP contribution in [-0.4, -0.2) is 21.1 Å².